The molecule has 0 radical (unpaired) electrons. The van der Waals surface area contributed by atoms with Gasteiger partial charge in [-0.25, -0.2) is 17.8 Å². The molecule has 0 saturated heterocycles. The van der Waals surface area contributed by atoms with Crippen LogP contribution in [0.4, 0.5) is 10.1 Å². The average Bonchev–Trinajstić information content (AvgIpc) is 3.61. The maximum atomic E-state index is 13.7. The Morgan fingerprint density at radius 2 is 1.84 bits per heavy atom. The van der Waals surface area contributed by atoms with E-state index in [1.54, 1.807) is 18.2 Å². The molecule has 0 aliphatic carbocycles. The Morgan fingerprint density at radius 3 is 2.56 bits per heavy atom. The van der Waals surface area contributed by atoms with Gasteiger partial charge in [0.05, 0.1) is 34.4 Å². The Bertz CT molecular complexity index is 2270. The first-order chi connectivity index (χ1) is 21.6. The normalized spacial score (nSPS) is 12.6. The van der Waals surface area contributed by atoms with Crippen molar-refractivity contribution >= 4 is 43.5 Å². The van der Waals surface area contributed by atoms with Gasteiger partial charge in [-0.1, -0.05) is 19.1 Å². The highest BCUT2D eigenvalue weighted by molar-refractivity contribution is 7.92. The van der Waals surface area contributed by atoms with E-state index in [1.807, 2.05) is 12.1 Å². The van der Waals surface area contributed by atoms with Gasteiger partial charge in [0.1, 0.15) is 28.6 Å². The summed E-state index contributed by atoms with van der Waals surface area (Å²) in [6.45, 7) is 2.46. The van der Waals surface area contributed by atoms with Gasteiger partial charge in [-0.05, 0) is 66.6 Å². The van der Waals surface area contributed by atoms with Crippen LogP contribution in [0.1, 0.15) is 22.8 Å². The Labute approximate surface area is 258 Å². The number of furan rings is 1. The molecule has 45 heavy (non-hydrogen) atoms. The largest absolute Gasteiger partial charge is 0.470 e. The van der Waals surface area contributed by atoms with Gasteiger partial charge in [0.2, 0.25) is 10.0 Å². The van der Waals surface area contributed by atoms with Crippen LogP contribution in [0, 0.1) is 5.82 Å². The third-order valence-electron chi connectivity index (χ3n) is 8.35. The Morgan fingerprint density at radius 1 is 1.07 bits per heavy atom. The molecule has 1 aliphatic heterocycles. The number of anilines is 1. The molecular weight excluding hydrogens is 595 g/mol. The number of halogens is 1. The molecule has 0 unspecified atom stereocenters. The predicted octanol–water partition coefficient (Wildman–Crippen LogP) is 6.59. The van der Waals surface area contributed by atoms with Crippen molar-refractivity contribution in [3.63, 3.8) is 0 Å². The molecule has 0 fully saturated rings. The summed E-state index contributed by atoms with van der Waals surface area (Å²) >= 11 is 0. The van der Waals surface area contributed by atoms with Gasteiger partial charge < -0.3 is 19.0 Å². The topological polar surface area (TPSA) is 107 Å². The molecule has 1 amide bonds. The third kappa shape index (κ3) is 4.62. The lowest BCUT2D eigenvalue weighted by Crippen LogP contribution is -2.25. The van der Waals surface area contributed by atoms with Crippen molar-refractivity contribution < 1.29 is 26.8 Å². The van der Waals surface area contributed by atoms with Gasteiger partial charge in [0, 0.05) is 42.1 Å². The highest BCUT2D eigenvalue weighted by Gasteiger charge is 2.28. The summed E-state index contributed by atoms with van der Waals surface area (Å²) in [7, 11) is -0.749. The number of pyridine rings is 1. The first kappa shape index (κ1) is 28.6. The van der Waals surface area contributed by atoms with Crippen LogP contribution in [0.25, 0.3) is 55.8 Å². The molecule has 0 saturated carbocycles. The van der Waals surface area contributed by atoms with E-state index < -0.39 is 21.7 Å². The van der Waals surface area contributed by atoms with Crippen LogP contribution in [-0.4, -0.2) is 44.2 Å². The predicted molar refractivity (Wildman–Crippen MR) is 172 cm³/mol. The molecule has 0 spiro atoms. The summed E-state index contributed by atoms with van der Waals surface area (Å²) in [5.41, 5.74) is 6.05. The highest BCUT2D eigenvalue weighted by atomic mass is 32.2. The lowest BCUT2D eigenvalue weighted by Gasteiger charge is -2.23. The number of nitrogens with one attached hydrogen (secondary N) is 1. The SMILES string of the molecule is CCc1cccc2c1cc1n2COc2ccc(-c3cc4c(C(=O)NC)c(-c5ccc(F)cc5)oc4cc3N(C)S(C)(=O)=O)nc2-1. The van der Waals surface area contributed by atoms with Crippen molar-refractivity contribution in [2.75, 3.05) is 24.7 Å². The summed E-state index contributed by atoms with van der Waals surface area (Å²) < 4.78 is 55.0. The first-order valence-corrected chi connectivity index (χ1v) is 16.2. The fourth-order valence-corrected chi connectivity index (χ4v) is 6.46. The standard InChI is InChI=1S/C34H29FN4O5S/c1-5-19-7-6-8-26-22(19)16-28-32-29(43-18-39(26)28)14-13-25(37-32)23-15-24-30(17-27(23)38(3)45(4,41)42)44-33(31(24)34(40)36-2)20-9-11-21(35)12-10-20/h6-17H,5,18H2,1-4H3,(H,36,40). The number of nitrogens with zero attached hydrogens (tertiary/aromatic N) is 3. The molecule has 4 heterocycles. The van der Waals surface area contributed by atoms with E-state index in [0.717, 1.165) is 33.6 Å². The van der Waals surface area contributed by atoms with Crippen LogP contribution in [0.2, 0.25) is 0 Å². The highest BCUT2D eigenvalue weighted by Crippen LogP contribution is 2.43. The maximum absolute atomic E-state index is 13.7. The lowest BCUT2D eigenvalue weighted by atomic mass is 10.0. The van der Waals surface area contributed by atoms with E-state index in [2.05, 4.69) is 35.0 Å². The number of benzene rings is 3. The molecule has 6 aromatic rings. The summed E-state index contributed by atoms with van der Waals surface area (Å²) in [5, 5.41) is 4.24. The van der Waals surface area contributed by atoms with Crippen molar-refractivity contribution in [3.8, 4) is 39.7 Å². The number of carbonyl (C=O) groups excluding carboxylic acids is 1. The van der Waals surface area contributed by atoms with Gasteiger partial charge in [0.15, 0.2) is 6.73 Å². The Balaban J connectivity index is 1.49. The molecule has 3 aromatic carbocycles. The van der Waals surface area contributed by atoms with Crippen molar-refractivity contribution in [2.45, 2.75) is 20.1 Å². The molecule has 228 valence electrons. The van der Waals surface area contributed by atoms with Crippen LogP contribution in [0.3, 0.4) is 0 Å². The first-order valence-electron chi connectivity index (χ1n) is 14.4. The third-order valence-corrected chi connectivity index (χ3v) is 9.54. The fourth-order valence-electron chi connectivity index (χ4n) is 5.95. The Hall–Kier alpha value is -5.16. The zero-order valence-electron chi connectivity index (χ0n) is 25.0. The molecule has 9 nitrogen and oxygen atoms in total. The summed E-state index contributed by atoms with van der Waals surface area (Å²) in [4.78, 5) is 18.3. The molecule has 1 N–H and O–H groups in total. The Kier molecular flexibility index (Phi) is 6.66. The quantitative estimate of drug-likeness (QED) is 0.224. The van der Waals surface area contributed by atoms with Crippen LogP contribution in [0.5, 0.6) is 5.75 Å². The van der Waals surface area contributed by atoms with E-state index in [4.69, 9.17) is 14.1 Å². The van der Waals surface area contributed by atoms with Crippen LogP contribution in [0.15, 0.2) is 77.2 Å². The monoisotopic (exact) mass is 624 g/mol. The van der Waals surface area contributed by atoms with Gasteiger partial charge in [-0.2, -0.15) is 0 Å². The van der Waals surface area contributed by atoms with Gasteiger partial charge in [0.25, 0.3) is 5.91 Å². The molecule has 7 rings (SSSR count). The van der Waals surface area contributed by atoms with E-state index >= 15 is 0 Å². The van der Waals surface area contributed by atoms with Gasteiger partial charge in [-0.15, -0.1) is 0 Å². The maximum Gasteiger partial charge on any atom is 0.255 e. The van der Waals surface area contributed by atoms with Crippen molar-refractivity contribution in [2.24, 2.45) is 0 Å². The lowest BCUT2D eigenvalue weighted by molar-refractivity contribution is 0.0964. The minimum atomic E-state index is -3.71. The van der Waals surface area contributed by atoms with E-state index in [9.17, 15) is 17.6 Å². The van der Waals surface area contributed by atoms with E-state index in [0.29, 0.717) is 46.1 Å². The van der Waals surface area contributed by atoms with Crippen molar-refractivity contribution in [1.82, 2.24) is 14.9 Å². The van der Waals surface area contributed by atoms with Crippen LogP contribution in [-0.2, 0) is 23.2 Å². The number of rotatable bonds is 6. The number of ether oxygens (including phenoxy) is 1. The van der Waals surface area contributed by atoms with Crippen molar-refractivity contribution in [1.29, 1.82) is 0 Å². The minimum absolute atomic E-state index is 0.234. The molecular formula is C34H29FN4O5S. The fraction of sp³-hybridized carbons (Fsp3) is 0.176. The number of fused-ring (bicyclic) bond motifs is 6. The number of amides is 1. The number of hydrogen-bond donors (Lipinski definition) is 1. The van der Waals surface area contributed by atoms with E-state index in [-0.39, 0.29) is 16.9 Å². The van der Waals surface area contributed by atoms with Gasteiger partial charge in [-0.3, -0.25) is 9.10 Å². The molecule has 1 aliphatic rings. The number of sulfonamides is 1. The summed E-state index contributed by atoms with van der Waals surface area (Å²) in [5.74, 6) is 0.00563. The molecule has 0 atom stereocenters. The van der Waals surface area contributed by atoms with Crippen molar-refractivity contribution in [3.05, 3.63) is 89.7 Å². The average molecular weight is 625 g/mol. The van der Waals surface area contributed by atoms with Crippen LogP contribution >= 0.6 is 0 Å². The molecule has 11 heteroatoms. The number of carbonyl (C=O) groups is 1. The number of hydrogen-bond acceptors (Lipinski definition) is 6. The second kappa shape index (κ2) is 10.5. The van der Waals surface area contributed by atoms with Gasteiger partial charge >= 0.3 is 0 Å². The number of aromatic nitrogens is 2. The smallest absolute Gasteiger partial charge is 0.255 e. The summed E-state index contributed by atoms with van der Waals surface area (Å²) in [6.07, 6.45) is 1.99. The number of aryl methyl sites for hydroxylation is 1. The van der Waals surface area contributed by atoms with Crippen LogP contribution < -0.4 is 14.4 Å². The van der Waals surface area contributed by atoms with E-state index in [1.165, 1.54) is 43.9 Å². The summed E-state index contributed by atoms with van der Waals surface area (Å²) in [6, 6.07) is 20.8. The zero-order chi connectivity index (χ0) is 31.6. The minimum Gasteiger partial charge on any atom is -0.470 e. The second-order valence-corrected chi connectivity index (χ2v) is 13.0. The zero-order valence-corrected chi connectivity index (χ0v) is 25.8. The second-order valence-electron chi connectivity index (χ2n) is 11.0. The molecule has 0 bridgehead atoms. The molecule has 3 aromatic heterocycles.